The first-order chi connectivity index (χ1) is 9.69. The maximum absolute atomic E-state index is 11.5. The zero-order chi connectivity index (χ0) is 14.4. The highest BCUT2D eigenvalue weighted by molar-refractivity contribution is 14.2. The Morgan fingerprint density at radius 3 is 2.85 bits per heavy atom. The Labute approximate surface area is 139 Å². The Bertz CT molecular complexity index is 552. The molecule has 1 aliphatic rings. The van der Waals surface area contributed by atoms with Crippen molar-refractivity contribution in [3.8, 4) is 11.2 Å². The van der Waals surface area contributed by atoms with E-state index in [1.54, 1.807) is 6.20 Å². The summed E-state index contributed by atoms with van der Waals surface area (Å²) in [7, 11) is 1.38. The maximum Gasteiger partial charge on any atom is 0.224 e. The van der Waals surface area contributed by atoms with Crippen LogP contribution in [-0.2, 0) is 4.79 Å². The molecule has 1 fully saturated rings. The Morgan fingerprint density at radius 2 is 2.20 bits per heavy atom. The van der Waals surface area contributed by atoms with Crippen molar-refractivity contribution < 1.29 is 4.79 Å². The summed E-state index contributed by atoms with van der Waals surface area (Å²) >= 11 is 7.95. The minimum Gasteiger partial charge on any atom is -0.357 e. The van der Waals surface area contributed by atoms with E-state index in [-0.39, 0.29) is 5.28 Å². The van der Waals surface area contributed by atoms with Crippen molar-refractivity contribution in [3.05, 3.63) is 17.0 Å². The number of aldehydes is 1. The zero-order valence-corrected chi connectivity index (χ0v) is 14.4. The first-order valence-corrected chi connectivity index (χ1v) is 9.98. The predicted molar refractivity (Wildman–Crippen MR) is 91.0 cm³/mol. The number of anilines is 1. The SMILES string of the molecule is O=CC1(Nc2nc(Cl)ncc2C#CSI)CCCCC1. The molecule has 0 unspecified atom stereocenters. The highest BCUT2D eigenvalue weighted by Gasteiger charge is 2.32. The average Bonchev–Trinajstić information content (AvgIpc) is 2.47. The van der Waals surface area contributed by atoms with Crippen LogP contribution < -0.4 is 5.32 Å². The highest BCUT2D eigenvalue weighted by Crippen LogP contribution is 2.30. The third-order valence-electron chi connectivity index (χ3n) is 3.32. The van der Waals surface area contributed by atoms with Gasteiger partial charge in [-0.25, -0.2) is 4.98 Å². The van der Waals surface area contributed by atoms with Gasteiger partial charge in [-0.2, -0.15) is 4.98 Å². The lowest BCUT2D eigenvalue weighted by molar-refractivity contribution is -0.112. The van der Waals surface area contributed by atoms with E-state index < -0.39 is 5.54 Å². The van der Waals surface area contributed by atoms with Gasteiger partial charge in [0.25, 0.3) is 0 Å². The molecule has 1 aromatic rings. The van der Waals surface area contributed by atoms with E-state index in [1.165, 1.54) is 15.4 Å². The number of carbonyl (C=O) groups excluding carboxylic acids is 1. The summed E-state index contributed by atoms with van der Waals surface area (Å²) in [6, 6.07) is 0. The van der Waals surface area contributed by atoms with Gasteiger partial charge in [-0.1, -0.05) is 19.3 Å². The lowest BCUT2D eigenvalue weighted by Crippen LogP contribution is -2.42. The number of rotatable bonds is 3. The summed E-state index contributed by atoms with van der Waals surface area (Å²) in [5.41, 5.74) is 0.106. The Kier molecular flexibility index (Phi) is 5.93. The molecule has 0 aliphatic heterocycles. The lowest BCUT2D eigenvalue weighted by Gasteiger charge is -2.33. The van der Waals surface area contributed by atoms with Crippen molar-refractivity contribution in [1.82, 2.24) is 9.97 Å². The summed E-state index contributed by atoms with van der Waals surface area (Å²) in [5, 5.41) is 6.29. The van der Waals surface area contributed by atoms with E-state index in [2.05, 4.69) is 47.7 Å². The molecule has 20 heavy (non-hydrogen) atoms. The van der Waals surface area contributed by atoms with Crippen LogP contribution in [-0.4, -0.2) is 21.8 Å². The summed E-state index contributed by atoms with van der Waals surface area (Å²) in [6.45, 7) is 0. The van der Waals surface area contributed by atoms with Gasteiger partial charge >= 0.3 is 0 Å². The van der Waals surface area contributed by atoms with Crippen LogP contribution in [0.15, 0.2) is 6.20 Å². The molecular weight excluding hydrogens is 409 g/mol. The van der Waals surface area contributed by atoms with Gasteiger partial charge < -0.3 is 10.1 Å². The molecule has 0 saturated heterocycles. The molecule has 106 valence electrons. The zero-order valence-electron chi connectivity index (χ0n) is 10.7. The van der Waals surface area contributed by atoms with Gasteiger partial charge in [0.15, 0.2) is 0 Å². The van der Waals surface area contributed by atoms with Crippen LogP contribution in [0.3, 0.4) is 0 Å². The second kappa shape index (κ2) is 7.48. The van der Waals surface area contributed by atoms with Crippen molar-refractivity contribution in [2.75, 3.05) is 5.32 Å². The van der Waals surface area contributed by atoms with E-state index in [0.29, 0.717) is 11.4 Å². The number of nitrogens with zero attached hydrogens (tertiary/aromatic N) is 2. The molecule has 4 nitrogen and oxygen atoms in total. The summed E-state index contributed by atoms with van der Waals surface area (Å²) in [6.07, 6.45) is 7.44. The van der Waals surface area contributed by atoms with Gasteiger partial charge in [0, 0.05) is 27.4 Å². The number of carbonyl (C=O) groups is 1. The molecule has 1 aliphatic carbocycles. The number of hydrogen-bond acceptors (Lipinski definition) is 5. The second-order valence-corrected chi connectivity index (χ2v) is 6.68. The largest absolute Gasteiger partial charge is 0.357 e. The van der Waals surface area contributed by atoms with Crippen LogP contribution in [0.5, 0.6) is 0 Å². The highest BCUT2D eigenvalue weighted by atomic mass is 127. The van der Waals surface area contributed by atoms with Crippen molar-refractivity contribution in [2.24, 2.45) is 0 Å². The van der Waals surface area contributed by atoms with Gasteiger partial charge in [0.2, 0.25) is 5.28 Å². The molecule has 0 spiro atoms. The summed E-state index contributed by atoms with van der Waals surface area (Å²) < 4.78 is 0. The van der Waals surface area contributed by atoms with Crippen LogP contribution in [0.25, 0.3) is 0 Å². The van der Waals surface area contributed by atoms with Crippen LogP contribution in [0, 0.1) is 11.2 Å². The minimum absolute atomic E-state index is 0.150. The van der Waals surface area contributed by atoms with Crippen LogP contribution in [0.2, 0.25) is 5.28 Å². The first kappa shape index (κ1) is 15.9. The van der Waals surface area contributed by atoms with Crippen molar-refractivity contribution in [2.45, 2.75) is 37.6 Å². The van der Waals surface area contributed by atoms with Gasteiger partial charge in [-0.15, -0.1) is 0 Å². The molecule has 0 aromatic carbocycles. The van der Waals surface area contributed by atoms with E-state index in [9.17, 15) is 4.79 Å². The van der Waals surface area contributed by atoms with Gasteiger partial charge in [-0.05, 0) is 44.5 Å². The van der Waals surface area contributed by atoms with Gasteiger partial charge in [0.1, 0.15) is 12.1 Å². The molecule has 0 amide bonds. The number of nitrogens with one attached hydrogen (secondary N) is 1. The normalized spacial score (nSPS) is 16.9. The quantitative estimate of drug-likeness (QED) is 0.348. The number of aromatic nitrogens is 2. The van der Waals surface area contributed by atoms with Crippen LogP contribution in [0.4, 0.5) is 5.82 Å². The smallest absolute Gasteiger partial charge is 0.224 e. The molecule has 7 heteroatoms. The lowest BCUT2D eigenvalue weighted by atomic mass is 9.83. The monoisotopic (exact) mass is 421 g/mol. The fraction of sp³-hybridized carbons (Fsp3) is 0.462. The van der Waals surface area contributed by atoms with Crippen LogP contribution >= 0.6 is 41.7 Å². The van der Waals surface area contributed by atoms with E-state index in [4.69, 9.17) is 11.6 Å². The maximum atomic E-state index is 11.5. The average molecular weight is 422 g/mol. The summed E-state index contributed by atoms with van der Waals surface area (Å²) in [5.74, 6) is 3.50. The topological polar surface area (TPSA) is 54.9 Å². The molecule has 0 radical (unpaired) electrons. The molecular formula is C13H13ClIN3OS. The number of halogens is 2. The molecule has 1 heterocycles. The third-order valence-corrected chi connectivity index (χ3v) is 4.34. The molecule has 0 bridgehead atoms. The number of hydrogen-bond donors (Lipinski definition) is 1. The molecule has 1 saturated carbocycles. The Morgan fingerprint density at radius 1 is 1.45 bits per heavy atom. The van der Waals surface area contributed by atoms with E-state index >= 15 is 0 Å². The first-order valence-electron chi connectivity index (χ1n) is 6.25. The standard InChI is InChI=1S/C13H13ClIN3OS/c14-12-16-8-10(4-7-20-15)11(17-12)18-13(9-19)5-2-1-3-6-13/h8-9H,1-3,5-6H2,(H,16,17,18). The minimum atomic E-state index is -0.552. The molecule has 2 rings (SSSR count). The van der Waals surface area contributed by atoms with Crippen molar-refractivity contribution in [1.29, 1.82) is 0 Å². The fourth-order valence-electron chi connectivity index (χ4n) is 2.31. The Hall–Kier alpha value is -0.520. The van der Waals surface area contributed by atoms with Crippen molar-refractivity contribution >= 4 is 53.8 Å². The van der Waals surface area contributed by atoms with Crippen LogP contribution in [0.1, 0.15) is 37.7 Å². The van der Waals surface area contributed by atoms with E-state index in [1.807, 2.05) is 0 Å². The molecule has 1 aromatic heterocycles. The predicted octanol–water partition coefficient (Wildman–Crippen LogP) is 3.84. The fourth-order valence-corrected chi connectivity index (χ4v) is 2.92. The van der Waals surface area contributed by atoms with Gasteiger partial charge in [0.05, 0.1) is 11.1 Å². The second-order valence-electron chi connectivity index (χ2n) is 4.67. The molecule has 1 N–H and O–H groups in total. The van der Waals surface area contributed by atoms with E-state index in [0.717, 1.165) is 32.0 Å². The Balaban J connectivity index is 2.30. The summed E-state index contributed by atoms with van der Waals surface area (Å²) in [4.78, 5) is 19.6. The third kappa shape index (κ3) is 3.99. The van der Waals surface area contributed by atoms with Crippen molar-refractivity contribution in [3.63, 3.8) is 0 Å². The van der Waals surface area contributed by atoms with Gasteiger partial charge in [-0.3, -0.25) is 0 Å². The molecule has 0 atom stereocenters.